The molecule has 4 aliphatic rings. The van der Waals surface area contributed by atoms with Crippen molar-refractivity contribution >= 4 is 17.7 Å². The van der Waals surface area contributed by atoms with Crippen molar-refractivity contribution < 1.29 is 14.4 Å². The van der Waals surface area contributed by atoms with Gasteiger partial charge in [-0.15, -0.1) is 0 Å². The third kappa shape index (κ3) is 4.44. The number of fused-ring (bicyclic) bond motifs is 1. The Labute approximate surface area is 195 Å². The zero-order valence-electron chi connectivity index (χ0n) is 19.3. The Bertz CT molecular complexity index is 927. The van der Waals surface area contributed by atoms with E-state index in [1.807, 2.05) is 18.2 Å². The molecule has 3 aliphatic heterocycles. The van der Waals surface area contributed by atoms with Crippen LogP contribution in [0.2, 0.25) is 0 Å². The van der Waals surface area contributed by atoms with Crippen molar-refractivity contribution in [2.75, 3.05) is 32.7 Å². The van der Waals surface area contributed by atoms with Gasteiger partial charge in [-0.25, -0.2) is 0 Å². The molecule has 1 saturated carbocycles. The summed E-state index contributed by atoms with van der Waals surface area (Å²) in [7, 11) is 0. The smallest absolute Gasteiger partial charge is 0.255 e. The third-order valence-electron chi connectivity index (χ3n) is 8.08. The first kappa shape index (κ1) is 22.5. The molecule has 0 spiro atoms. The van der Waals surface area contributed by atoms with Gasteiger partial charge in [0.25, 0.3) is 5.91 Å². The maximum absolute atomic E-state index is 13.3. The van der Waals surface area contributed by atoms with Crippen LogP contribution in [0.15, 0.2) is 18.2 Å². The number of carbonyl (C=O) groups is 3. The molecule has 8 nitrogen and oxygen atoms in total. The highest BCUT2D eigenvalue weighted by Crippen LogP contribution is 2.32. The lowest BCUT2D eigenvalue weighted by molar-refractivity contribution is -0.136. The number of carbonyl (C=O) groups excluding carboxylic acids is 3. The van der Waals surface area contributed by atoms with Gasteiger partial charge in [0.1, 0.15) is 6.04 Å². The molecule has 0 bridgehead atoms. The fourth-order valence-electron chi connectivity index (χ4n) is 6.26. The third-order valence-corrected chi connectivity index (χ3v) is 8.08. The minimum Gasteiger partial charge on any atom is -0.330 e. The van der Waals surface area contributed by atoms with Crippen LogP contribution in [0.25, 0.3) is 0 Å². The molecular weight excluding hydrogens is 418 g/mol. The Morgan fingerprint density at radius 2 is 1.79 bits per heavy atom. The Balaban J connectivity index is 1.23. The number of imide groups is 1. The molecular formula is C25H35N5O3. The fourth-order valence-corrected chi connectivity index (χ4v) is 6.26. The maximum Gasteiger partial charge on any atom is 0.255 e. The zero-order chi connectivity index (χ0) is 22.9. The number of rotatable bonds is 5. The molecule has 8 heteroatoms. The van der Waals surface area contributed by atoms with E-state index in [1.54, 1.807) is 4.90 Å². The summed E-state index contributed by atoms with van der Waals surface area (Å²) in [6, 6.07) is 6.10. The number of benzene rings is 1. The SMILES string of the molecule is NC[C@@H]1CCCC[C@H]1N1CCN(Cc2cccc3c2C(=O)N(C2CCC(=O)NC2=O)C3)CC1. The standard InChI is InChI=1S/C25H35N5O3/c26-14-17-4-1-2-7-20(17)29-12-10-28(11-13-29)15-18-5-3-6-19-16-30(25(33)23(18)19)21-8-9-22(31)27-24(21)32/h3,5-6,17,20-21H,1-2,4,7-16,26H2,(H,27,31,32)/t17-,20+,21?/m0/s1. The summed E-state index contributed by atoms with van der Waals surface area (Å²) in [5.74, 6) is -0.0740. The molecule has 1 aromatic carbocycles. The number of nitrogens with two attached hydrogens (primary N) is 1. The average molecular weight is 454 g/mol. The van der Waals surface area contributed by atoms with Crippen LogP contribution in [0.1, 0.15) is 60.0 Å². The summed E-state index contributed by atoms with van der Waals surface area (Å²) < 4.78 is 0. The molecule has 178 valence electrons. The molecule has 1 unspecified atom stereocenters. The Morgan fingerprint density at radius 3 is 2.55 bits per heavy atom. The van der Waals surface area contributed by atoms with E-state index in [4.69, 9.17) is 5.73 Å². The van der Waals surface area contributed by atoms with Gasteiger partial charge in [0.2, 0.25) is 11.8 Å². The van der Waals surface area contributed by atoms with Crippen LogP contribution in [0.4, 0.5) is 0 Å². The van der Waals surface area contributed by atoms with E-state index in [2.05, 4.69) is 15.1 Å². The van der Waals surface area contributed by atoms with Gasteiger partial charge in [-0.2, -0.15) is 0 Å². The monoisotopic (exact) mass is 453 g/mol. The Morgan fingerprint density at radius 1 is 1.00 bits per heavy atom. The van der Waals surface area contributed by atoms with Gasteiger partial charge < -0.3 is 10.6 Å². The van der Waals surface area contributed by atoms with Crippen LogP contribution >= 0.6 is 0 Å². The number of piperidine rings is 1. The number of piperazine rings is 1. The molecule has 3 heterocycles. The number of nitrogens with one attached hydrogen (secondary N) is 1. The topological polar surface area (TPSA) is 99.0 Å². The molecule has 0 aromatic heterocycles. The summed E-state index contributed by atoms with van der Waals surface area (Å²) in [4.78, 5) is 43.9. The summed E-state index contributed by atoms with van der Waals surface area (Å²) in [6.07, 6.45) is 5.80. The van der Waals surface area contributed by atoms with Crippen molar-refractivity contribution in [1.29, 1.82) is 0 Å². The van der Waals surface area contributed by atoms with Gasteiger partial charge in [0.05, 0.1) is 0 Å². The van der Waals surface area contributed by atoms with E-state index in [-0.39, 0.29) is 24.1 Å². The highest BCUT2D eigenvalue weighted by molar-refractivity contribution is 6.05. The second-order valence-corrected chi connectivity index (χ2v) is 10.0. The second-order valence-electron chi connectivity index (χ2n) is 10.0. The molecule has 5 rings (SSSR count). The molecule has 33 heavy (non-hydrogen) atoms. The molecule has 3 atom stereocenters. The lowest BCUT2D eigenvalue weighted by atomic mass is 9.83. The van der Waals surface area contributed by atoms with Crippen LogP contribution < -0.4 is 11.1 Å². The summed E-state index contributed by atoms with van der Waals surface area (Å²) in [6.45, 7) is 6.04. The zero-order valence-corrected chi connectivity index (χ0v) is 19.3. The van der Waals surface area contributed by atoms with E-state index in [1.165, 1.54) is 25.7 Å². The van der Waals surface area contributed by atoms with Crippen LogP contribution in [0, 0.1) is 5.92 Å². The van der Waals surface area contributed by atoms with Gasteiger partial charge in [-0.3, -0.25) is 29.5 Å². The summed E-state index contributed by atoms with van der Waals surface area (Å²) in [5.41, 5.74) is 8.83. The number of hydrogen-bond acceptors (Lipinski definition) is 6. The first-order chi connectivity index (χ1) is 16.0. The normalized spacial score (nSPS) is 29.3. The van der Waals surface area contributed by atoms with Crippen LogP contribution in [-0.2, 0) is 22.7 Å². The van der Waals surface area contributed by atoms with Crippen LogP contribution in [-0.4, -0.2) is 77.2 Å². The van der Waals surface area contributed by atoms with E-state index in [9.17, 15) is 14.4 Å². The first-order valence-corrected chi connectivity index (χ1v) is 12.5. The van der Waals surface area contributed by atoms with Gasteiger partial charge in [0.15, 0.2) is 0 Å². The molecule has 3 amide bonds. The van der Waals surface area contributed by atoms with E-state index < -0.39 is 6.04 Å². The Hall–Kier alpha value is -2.29. The summed E-state index contributed by atoms with van der Waals surface area (Å²) in [5, 5.41) is 2.38. The first-order valence-electron chi connectivity index (χ1n) is 12.5. The second kappa shape index (κ2) is 9.52. The molecule has 1 aromatic rings. The van der Waals surface area contributed by atoms with Crippen molar-refractivity contribution in [3.63, 3.8) is 0 Å². The van der Waals surface area contributed by atoms with Crippen molar-refractivity contribution in [1.82, 2.24) is 20.0 Å². The Kier molecular flexibility index (Phi) is 6.49. The van der Waals surface area contributed by atoms with Crippen molar-refractivity contribution in [2.24, 2.45) is 11.7 Å². The number of nitrogens with zero attached hydrogens (tertiary/aromatic N) is 3. The fraction of sp³-hybridized carbons (Fsp3) is 0.640. The largest absolute Gasteiger partial charge is 0.330 e. The quantitative estimate of drug-likeness (QED) is 0.648. The summed E-state index contributed by atoms with van der Waals surface area (Å²) >= 11 is 0. The molecule has 2 saturated heterocycles. The van der Waals surface area contributed by atoms with Gasteiger partial charge in [-0.05, 0) is 42.9 Å². The predicted octanol–water partition coefficient (Wildman–Crippen LogP) is 1.08. The number of hydrogen-bond donors (Lipinski definition) is 2. The lowest BCUT2D eigenvalue weighted by Crippen LogP contribution is -2.53. The minimum absolute atomic E-state index is 0.0817. The predicted molar refractivity (Wildman–Crippen MR) is 124 cm³/mol. The van der Waals surface area contributed by atoms with E-state index >= 15 is 0 Å². The van der Waals surface area contributed by atoms with Gasteiger partial charge in [-0.1, -0.05) is 31.0 Å². The van der Waals surface area contributed by atoms with Crippen LogP contribution in [0.5, 0.6) is 0 Å². The highest BCUT2D eigenvalue weighted by atomic mass is 16.2. The number of amides is 3. The molecule has 3 fully saturated rings. The van der Waals surface area contributed by atoms with E-state index in [0.717, 1.165) is 56.0 Å². The highest BCUT2D eigenvalue weighted by Gasteiger charge is 2.40. The minimum atomic E-state index is -0.565. The van der Waals surface area contributed by atoms with Gasteiger partial charge in [0, 0.05) is 57.3 Å². The average Bonchev–Trinajstić information content (AvgIpc) is 3.16. The molecule has 1 aliphatic carbocycles. The molecule has 3 N–H and O–H groups in total. The molecule has 0 radical (unpaired) electrons. The van der Waals surface area contributed by atoms with Crippen molar-refractivity contribution in [3.8, 4) is 0 Å². The van der Waals surface area contributed by atoms with Gasteiger partial charge >= 0.3 is 0 Å². The van der Waals surface area contributed by atoms with Crippen molar-refractivity contribution in [3.05, 3.63) is 34.9 Å². The van der Waals surface area contributed by atoms with E-state index in [0.29, 0.717) is 24.9 Å². The van der Waals surface area contributed by atoms with Crippen molar-refractivity contribution in [2.45, 2.75) is 63.7 Å². The lowest BCUT2D eigenvalue weighted by Gasteiger charge is -2.44. The van der Waals surface area contributed by atoms with Crippen LogP contribution in [0.3, 0.4) is 0 Å². The maximum atomic E-state index is 13.3.